The molecule has 3 nitrogen and oxygen atoms in total. The fourth-order valence-electron chi connectivity index (χ4n) is 3.97. The predicted octanol–water partition coefficient (Wildman–Crippen LogP) is 3.42. The Hall–Kier alpha value is -1.06. The number of rotatable bonds is 3. The number of piperidine rings is 1. The minimum Gasteiger partial charge on any atom is -0.354 e. The first-order valence-electron chi connectivity index (χ1n) is 8.67. The van der Waals surface area contributed by atoms with Crippen LogP contribution in [-0.2, 0) is 11.2 Å². The Morgan fingerprint density at radius 3 is 2.87 bits per heavy atom. The third-order valence-corrected chi connectivity index (χ3v) is 5.50. The number of aryl methyl sites for hydroxylation is 1. The van der Waals surface area contributed by atoms with Crippen LogP contribution in [-0.4, -0.2) is 25.0 Å². The van der Waals surface area contributed by atoms with Gasteiger partial charge in [-0.3, -0.25) is 4.79 Å². The van der Waals surface area contributed by atoms with E-state index in [0.29, 0.717) is 6.04 Å². The van der Waals surface area contributed by atoms with Gasteiger partial charge < -0.3 is 10.6 Å². The fraction of sp³-hybridized carbons (Fsp3) is 0.632. The van der Waals surface area contributed by atoms with Crippen LogP contribution in [0.3, 0.4) is 0 Å². The molecule has 3 rings (SSSR count). The number of hydrogen-bond acceptors (Lipinski definition) is 2. The Morgan fingerprint density at radius 2 is 2.09 bits per heavy atom. The monoisotopic (exact) mass is 336 g/mol. The van der Waals surface area contributed by atoms with Crippen molar-refractivity contribution in [1.29, 1.82) is 0 Å². The zero-order valence-electron chi connectivity index (χ0n) is 14.2. The summed E-state index contributed by atoms with van der Waals surface area (Å²) < 4.78 is 0. The first-order valence-corrected chi connectivity index (χ1v) is 8.67. The van der Waals surface area contributed by atoms with Crippen molar-refractivity contribution in [1.82, 2.24) is 10.6 Å². The fourth-order valence-corrected chi connectivity index (χ4v) is 3.97. The minimum absolute atomic E-state index is 0. The summed E-state index contributed by atoms with van der Waals surface area (Å²) in [7, 11) is 0. The Kier molecular flexibility index (Phi) is 6.10. The van der Waals surface area contributed by atoms with Gasteiger partial charge in [0, 0.05) is 12.6 Å². The van der Waals surface area contributed by atoms with Gasteiger partial charge in [-0.2, -0.15) is 0 Å². The lowest BCUT2D eigenvalue weighted by Gasteiger charge is -2.39. The van der Waals surface area contributed by atoms with Crippen molar-refractivity contribution in [2.24, 2.45) is 5.41 Å². The Labute approximate surface area is 146 Å². The maximum absolute atomic E-state index is 12.7. The van der Waals surface area contributed by atoms with E-state index in [1.54, 1.807) is 0 Å². The van der Waals surface area contributed by atoms with E-state index in [9.17, 15) is 4.79 Å². The smallest absolute Gasteiger partial charge is 0.227 e. The second-order valence-corrected chi connectivity index (χ2v) is 7.49. The summed E-state index contributed by atoms with van der Waals surface area (Å²) in [6, 6.07) is 8.80. The van der Waals surface area contributed by atoms with Gasteiger partial charge in [0.25, 0.3) is 0 Å². The minimum atomic E-state index is 0. The lowest BCUT2D eigenvalue weighted by Crippen LogP contribution is -2.53. The van der Waals surface area contributed by atoms with E-state index in [4.69, 9.17) is 0 Å². The molecule has 128 valence electrons. The highest BCUT2D eigenvalue weighted by molar-refractivity contribution is 5.85. The number of fused-ring (bicyclic) bond motifs is 1. The van der Waals surface area contributed by atoms with Crippen molar-refractivity contribution >= 4 is 18.3 Å². The third-order valence-electron chi connectivity index (χ3n) is 5.50. The molecule has 1 aromatic rings. The molecule has 2 unspecified atom stereocenters. The van der Waals surface area contributed by atoms with Crippen LogP contribution in [0.4, 0.5) is 0 Å². The highest BCUT2D eigenvalue weighted by Gasteiger charge is 2.33. The Bertz CT molecular complexity index is 544. The quantitative estimate of drug-likeness (QED) is 0.888. The molecule has 1 amide bonds. The average molecular weight is 337 g/mol. The van der Waals surface area contributed by atoms with Crippen molar-refractivity contribution < 1.29 is 4.79 Å². The van der Waals surface area contributed by atoms with E-state index in [0.717, 1.165) is 32.4 Å². The van der Waals surface area contributed by atoms with Crippen molar-refractivity contribution in [3.8, 4) is 0 Å². The van der Waals surface area contributed by atoms with Crippen LogP contribution < -0.4 is 10.6 Å². The molecule has 0 spiro atoms. The number of carbonyl (C=O) groups excluding carboxylic acids is 1. The van der Waals surface area contributed by atoms with Crippen molar-refractivity contribution in [3.05, 3.63) is 35.4 Å². The molecule has 1 saturated heterocycles. The summed E-state index contributed by atoms with van der Waals surface area (Å²) in [6.07, 6.45) is 5.66. The van der Waals surface area contributed by atoms with Crippen LogP contribution in [0.15, 0.2) is 24.3 Å². The molecule has 23 heavy (non-hydrogen) atoms. The zero-order chi connectivity index (χ0) is 15.6. The van der Waals surface area contributed by atoms with E-state index in [1.807, 2.05) is 0 Å². The van der Waals surface area contributed by atoms with Gasteiger partial charge in [0.1, 0.15) is 0 Å². The molecule has 0 aromatic heterocycles. The van der Waals surface area contributed by atoms with E-state index in [2.05, 4.69) is 48.7 Å². The summed E-state index contributed by atoms with van der Waals surface area (Å²) in [5.74, 6) is 0.243. The van der Waals surface area contributed by atoms with Gasteiger partial charge in [0.05, 0.1) is 5.92 Å². The molecule has 1 aliphatic heterocycles. The molecule has 1 aromatic carbocycles. The molecule has 1 aliphatic carbocycles. The zero-order valence-corrected chi connectivity index (χ0v) is 15.0. The molecular formula is C19H29ClN2O. The van der Waals surface area contributed by atoms with E-state index in [-0.39, 0.29) is 29.6 Å². The summed E-state index contributed by atoms with van der Waals surface area (Å²) in [4.78, 5) is 12.7. The number of nitrogens with one attached hydrogen (secondary N) is 2. The van der Waals surface area contributed by atoms with Gasteiger partial charge in [-0.15, -0.1) is 12.4 Å². The lowest BCUT2D eigenvalue weighted by molar-refractivity contribution is -0.123. The van der Waals surface area contributed by atoms with Crippen molar-refractivity contribution in [2.75, 3.05) is 13.1 Å². The lowest BCUT2D eigenvalue weighted by atomic mass is 9.77. The molecule has 0 radical (unpaired) electrons. The maximum Gasteiger partial charge on any atom is 0.227 e. The molecule has 2 atom stereocenters. The number of carbonyl (C=O) groups is 1. The number of halogens is 1. The molecule has 4 heteroatoms. The van der Waals surface area contributed by atoms with Crippen molar-refractivity contribution in [3.63, 3.8) is 0 Å². The van der Waals surface area contributed by atoms with Crippen LogP contribution in [0.25, 0.3) is 0 Å². The molecule has 1 heterocycles. The summed E-state index contributed by atoms with van der Waals surface area (Å²) >= 11 is 0. The largest absolute Gasteiger partial charge is 0.354 e. The predicted molar refractivity (Wildman–Crippen MR) is 97.2 cm³/mol. The van der Waals surface area contributed by atoms with Gasteiger partial charge in [-0.05, 0) is 55.2 Å². The van der Waals surface area contributed by atoms with Gasteiger partial charge in [-0.1, -0.05) is 38.1 Å². The maximum atomic E-state index is 12.7. The molecule has 0 saturated carbocycles. The summed E-state index contributed by atoms with van der Waals surface area (Å²) in [6.45, 7) is 6.40. The second-order valence-electron chi connectivity index (χ2n) is 7.49. The number of hydrogen-bond donors (Lipinski definition) is 2. The standard InChI is InChI=1S/C19H28N2O.ClH/c1-19(2)11-6-12-20-17(19)13-21-18(22)16-10-5-8-14-7-3-4-9-15(14)16;/h3-4,7,9,16-17,20H,5-6,8,10-13H2,1-2H3,(H,21,22);1H. The topological polar surface area (TPSA) is 41.1 Å². The van der Waals surface area contributed by atoms with Gasteiger partial charge in [0.2, 0.25) is 5.91 Å². The van der Waals surface area contributed by atoms with Crippen LogP contribution in [0.2, 0.25) is 0 Å². The number of amides is 1. The van der Waals surface area contributed by atoms with Crippen molar-refractivity contribution in [2.45, 2.75) is 57.9 Å². The van der Waals surface area contributed by atoms with E-state index >= 15 is 0 Å². The Balaban J connectivity index is 0.00000192. The third kappa shape index (κ3) is 4.07. The molecule has 1 fully saturated rings. The van der Waals surface area contributed by atoms with Crippen LogP contribution in [0.1, 0.15) is 56.6 Å². The first kappa shape index (κ1) is 18.3. The van der Waals surface area contributed by atoms with Crippen LogP contribution in [0, 0.1) is 5.41 Å². The van der Waals surface area contributed by atoms with Crippen LogP contribution in [0.5, 0.6) is 0 Å². The SMILES string of the molecule is CC1(C)CCCNC1CNC(=O)C1CCCc2ccccc21.Cl. The molecule has 2 aliphatic rings. The normalized spacial score (nSPS) is 25.8. The molecule has 2 N–H and O–H groups in total. The summed E-state index contributed by atoms with van der Waals surface area (Å²) in [5, 5.41) is 6.79. The molecule has 0 bridgehead atoms. The van der Waals surface area contributed by atoms with Crippen LogP contribution >= 0.6 is 12.4 Å². The highest BCUT2D eigenvalue weighted by Crippen LogP contribution is 2.32. The van der Waals surface area contributed by atoms with Gasteiger partial charge in [0.15, 0.2) is 0 Å². The molecular weight excluding hydrogens is 308 g/mol. The highest BCUT2D eigenvalue weighted by atomic mass is 35.5. The first-order chi connectivity index (χ1) is 10.6. The average Bonchev–Trinajstić information content (AvgIpc) is 2.52. The van der Waals surface area contributed by atoms with E-state index < -0.39 is 0 Å². The van der Waals surface area contributed by atoms with Gasteiger partial charge >= 0.3 is 0 Å². The number of benzene rings is 1. The second kappa shape index (κ2) is 7.67. The summed E-state index contributed by atoms with van der Waals surface area (Å²) in [5.41, 5.74) is 2.85. The Morgan fingerprint density at radius 1 is 1.30 bits per heavy atom. The van der Waals surface area contributed by atoms with E-state index in [1.165, 1.54) is 24.0 Å². The van der Waals surface area contributed by atoms with Gasteiger partial charge in [-0.25, -0.2) is 0 Å².